The number of nitrogens with two attached hydrogens (primary N) is 1. The van der Waals surface area contributed by atoms with E-state index in [1.54, 1.807) is 0 Å². The number of anilines is 3. The van der Waals surface area contributed by atoms with Gasteiger partial charge in [-0.15, -0.1) is 0 Å². The van der Waals surface area contributed by atoms with Gasteiger partial charge in [-0.2, -0.15) is 4.98 Å². The molecule has 3 heterocycles. The highest BCUT2D eigenvalue weighted by Gasteiger charge is 2.26. The van der Waals surface area contributed by atoms with E-state index in [9.17, 15) is 4.79 Å². The Morgan fingerprint density at radius 1 is 1.19 bits per heavy atom. The number of carbonyl (C=O) groups is 1. The smallest absolute Gasteiger partial charge is 0.244 e. The fourth-order valence-electron chi connectivity index (χ4n) is 3.94. The van der Waals surface area contributed by atoms with Gasteiger partial charge >= 0.3 is 0 Å². The summed E-state index contributed by atoms with van der Waals surface area (Å²) in [5.74, 6) is 0.681. The van der Waals surface area contributed by atoms with Gasteiger partial charge in [0.1, 0.15) is 5.69 Å². The minimum Gasteiger partial charge on any atom is -0.478 e. The summed E-state index contributed by atoms with van der Waals surface area (Å²) in [4.78, 5) is 21.1. The van der Waals surface area contributed by atoms with Gasteiger partial charge in [-0.3, -0.25) is 9.69 Å². The lowest BCUT2D eigenvalue weighted by molar-refractivity contribution is -0.115. The summed E-state index contributed by atoms with van der Waals surface area (Å²) in [5, 5.41) is 2.86. The molecule has 3 N–H and O–H groups in total. The molecule has 0 aliphatic carbocycles. The number of aromatic nitrogens is 1. The zero-order valence-electron chi connectivity index (χ0n) is 18.1. The summed E-state index contributed by atoms with van der Waals surface area (Å²) >= 11 is 0. The number of amides is 1. The van der Waals surface area contributed by atoms with E-state index in [-0.39, 0.29) is 18.3 Å². The van der Waals surface area contributed by atoms with Crippen LogP contribution in [-0.4, -0.2) is 55.2 Å². The van der Waals surface area contributed by atoms with Crippen molar-refractivity contribution < 1.29 is 14.3 Å². The highest BCUT2D eigenvalue weighted by atomic mass is 16.5. The molecule has 31 heavy (non-hydrogen) atoms. The number of ether oxygens (including phenoxy) is 2. The van der Waals surface area contributed by atoms with Crippen molar-refractivity contribution in [2.75, 3.05) is 55.4 Å². The predicted octanol–water partition coefficient (Wildman–Crippen LogP) is 2.63. The van der Waals surface area contributed by atoms with E-state index in [1.165, 1.54) is 5.56 Å². The maximum atomic E-state index is 12.3. The van der Waals surface area contributed by atoms with Gasteiger partial charge in [0.2, 0.25) is 11.8 Å². The van der Waals surface area contributed by atoms with Crippen LogP contribution in [0.25, 0.3) is 0 Å². The number of pyridine rings is 1. The first kappa shape index (κ1) is 21.4. The maximum absolute atomic E-state index is 12.3. The minimum absolute atomic E-state index is 0.0925. The van der Waals surface area contributed by atoms with Crippen molar-refractivity contribution in [3.63, 3.8) is 0 Å². The van der Waals surface area contributed by atoms with E-state index in [1.807, 2.05) is 11.0 Å². The molecule has 0 saturated carbocycles. The van der Waals surface area contributed by atoms with E-state index >= 15 is 0 Å². The monoisotopic (exact) mass is 425 g/mol. The Morgan fingerprint density at radius 3 is 2.74 bits per heavy atom. The number of nitrogen functional groups attached to an aromatic ring is 1. The summed E-state index contributed by atoms with van der Waals surface area (Å²) in [7, 11) is 0. The number of hydrogen-bond donors (Lipinski definition) is 2. The predicted molar refractivity (Wildman–Crippen MR) is 121 cm³/mol. The molecule has 0 unspecified atom stereocenters. The fraction of sp³-hybridized carbons (Fsp3) is 0.478. The van der Waals surface area contributed by atoms with Crippen molar-refractivity contribution in [1.82, 2.24) is 9.88 Å². The van der Waals surface area contributed by atoms with Gasteiger partial charge in [-0.25, -0.2) is 0 Å². The van der Waals surface area contributed by atoms with Crippen molar-refractivity contribution in [3.05, 3.63) is 41.5 Å². The van der Waals surface area contributed by atoms with Gasteiger partial charge in [0.25, 0.3) is 0 Å². The molecule has 1 saturated heterocycles. The number of nitrogens with zero attached hydrogens (tertiary/aromatic N) is 3. The number of morpholine rings is 1. The zero-order chi connectivity index (χ0) is 21.6. The Balaban J connectivity index is 1.52. The Kier molecular flexibility index (Phi) is 6.89. The van der Waals surface area contributed by atoms with Gasteiger partial charge in [0.15, 0.2) is 5.82 Å². The molecule has 4 rings (SSSR count). The zero-order valence-corrected chi connectivity index (χ0v) is 18.1. The molecule has 1 aromatic carbocycles. The third-order valence-electron chi connectivity index (χ3n) is 5.57. The van der Waals surface area contributed by atoms with E-state index in [0.717, 1.165) is 56.9 Å². The highest BCUT2D eigenvalue weighted by molar-refractivity contribution is 6.04. The lowest BCUT2D eigenvalue weighted by Gasteiger charge is -2.32. The first-order valence-corrected chi connectivity index (χ1v) is 11.0. The summed E-state index contributed by atoms with van der Waals surface area (Å²) in [5.41, 5.74) is 9.96. The van der Waals surface area contributed by atoms with Crippen LogP contribution in [0.1, 0.15) is 30.9 Å². The molecular weight excluding hydrogens is 394 g/mol. The van der Waals surface area contributed by atoms with E-state index < -0.39 is 0 Å². The summed E-state index contributed by atoms with van der Waals surface area (Å²) < 4.78 is 11.2. The van der Waals surface area contributed by atoms with Crippen LogP contribution >= 0.6 is 0 Å². The Labute approximate surface area is 183 Å². The second kappa shape index (κ2) is 9.98. The Morgan fingerprint density at radius 2 is 1.97 bits per heavy atom. The van der Waals surface area contributed by atoms with Crippen LogP contribution in [0.4, 0.5) is 17.2 Å². The molecule has 2 aliphatic rings. The lowest BCUT2D eigenvalue weighted by Crippen LogP contribution is -2.38. The van der Waals surface area contributed by atoms with Gasteiger partial charge in [-0.1, -0.05) is 37.6 Å². The van der Waals surface area contributed by atoms with Gasteiger partial charge in [-0.05, 0) is 17.5 Å². The topological polar surface area (TPSA) is 93.0 Å². The van der Waals surface area contributed by atoms with Crippen molar-refractivity contribution in [1.29, 1.82) is 0 Å². The molecule has 0 bridgehead atoms. The van der Waals surface area contributed by atoms with E-state index in [0.29, 0.717) is 24.7 Å². The summed E-state index contributed by atoms with van der Waals surface area (Å²) in [6.07, 6.45) is 2.00. The molecule has 166 valence electrons. The molecule has 8 heteroatoms. The molecule has 2 aromatic rings. The number of benzene rings is 1. The van der Waals surface area contributed by atoms with Crippen LogP contribution in [0.5, 0.6) is 5.88 Å². The fourth-order valence-corrected chi connectivity index (χ4v) is 3.94. The standard InChI is InChI=1S/C23H31N5O3/c1-2-3-9-31-21-13-19-22(23(24)26-21)25-20(29)16-28(19)15-18-6-4-5-17(12-18)14-27-7-10-30-11-8-27/h4-6,12-13H,2-3,7-11,14-16H2,1H3,(H2,24,26)(H,25,29). The number of carbonyl (C=O) groups excluding carboxylic acids is 1. The van der Waals surface area contributed by atoms with Crippen LogP contribution in [0.15, 0.2) is 30.3 Å². The number of rotatable bonds is 8. The second-order valence-electron chi connectivity index (χ2n) is 8.05. The van der Waals surface area contributed by atoms with Crippen molar-refractivity contribution in [2.24, 2.45) is 0 Å². The van der Waals surface area contributed by atoms with E-state index in [4.69, 9.17) is 15.2 Å². The first-order valence-electron chi connectivity index (χ1n) is 11.0. The normalized spacial score (nSPS) is 16.7. The third kappa shape index (κ3) is 5.45. The highest BCUT2D eigenvalue weighted by Crippen LogP contribution is 2.37. The van der Waals surface area contributed by atoms with Gasteiger partial charge in [0.05, 0.1) is 32.1 Å². The van der Waals surface area contributed by atoms with Crippen LogP contribution in [0.2, 0.25) is 0 Å². The molecule has 1 aromatic heterocycles. The maximum Gasteiger partial charge on any atom is 0.244 e. The molecule has 0 atom stereocenters. The van der Waals surface area contributed by atoms with Crippen LogP contribution < -0.4 is 20.7 Å². The molecule has 1 fully saturated rings. The Bertz CT molecular complexity index is 914. The SMILES string of the molecule is CCCCOc1cc2c(c(N)n1)NC(=O)CN2Cc1cccc(CN2CCOCC2)c1. The van der Waals surface area contributed by atoms with Gasteiger partial charge in [0, 0.05) is 32.2 Å². The summed E-state index contributed by atoms with van der Waals surface area (Å²) in [6.45, 7) is 7.97. The van der Waals surface area contributed by atoms with Crippen LogP contribution in [0, 0.1) is 0 Å². The average molecular weight is 426 g/mol. The van der Waals surface area contributed by atoms with E-state index in [2.05, 4.69) is 46.4 Å². The van der Waals surface area contributed by atoms with Gasteiger partial charge < -0.3 is 25.4 Å². The molecular formula is C23H31N5O3. The van der Waals surface area contributed by atoms with Crippen molar-refractivity contribution in [3.8, 4) is 5.88 Å². The van der Waals surface area contributed by atoms with Crippen molar-refractivity contribution in [2.45, 2.75) is 32.9 Å². The molecule has 2 aliphatic heterocycles. The largest absolute Gasteiger partial charge is 0.478 e. The molecule has 0 spiro atoms. The average Bonchev–Trinajstić information content (AvgIpc) is 2.76. The Hall–Kier alpha value is -2.84. The quantitative estimate of drug-likeness (QED) is 0.628. The number of nitrogens with one attached hydrogen (secondary N) is 1. The summed E-state index contributed by atoms with van der Waals surface area (Å²) in [6, 6.07) is 10.4. The third-order valence-corrected chi connectivity index (χ3v) is 5.57. The van der Waals surface area contributed by atoms with Crippen LogP contribution in [-0.2, 0) is 22.6 Å². The lowest BCUT2D eigenvalue weighted by atomic mass is 10.1. The number of hydrogen-bond acceptors (Lipinski definition) is 7. The first-order chi connectivity index (χ1) is 15.1. The van der Waals surface area contributed by atoms with Crippen molar-refractivity contribution >= 4 is 23.1 Å². The number of fused-ring (bicyclic) bond motifs is 1. The number of unbranched alkanes of at least 4 members (excludes halogenated alkanes) is 1. The van der Waals surface area contributed by atoms with Crippen LogP contribution in [0.3, 0.4) is 0 Å². The minimum atomic E-state index is -0.0925. The second-order valence-corrected chi connectivity index (χ2v) is 8.05. The molecule has 1 amide bonds. The molecule has 8 nitrogen and oxygen atoms in total. The molecule has 0 radical (unpaired) electrons.